The summed E-state index contributed by atoms with van der Waals surface area (Å²) in [5.74, 6) is 0.126. The Morgan fingerprint density at radius 2 is 1.70 bits per heavy atom. The number of nitrogens with one attached hydrogen (secondary N) is 2. The number of nitro benzene ring substituents is 1. The van der Waals surface area contributed by atoms with Crippen molar-refractivity contribution in [3.8, 4) is 0 Å². The quantitative estimate of drug-likeness (QED) is 0.232. The number of halogens is 6. The molecule has 9 nitrogen and oxygen atoms in total. The van der Waals surface area contributed by atoms with E-state index >= 15 is 0 Å². The van der Waals surface area contributed by atoms with Crippen LogP contribution in [0, 0.1) is 10.1 Å². The lowest BCUT2D eigenvalue weighted by Gasteiger charge is -2.30. The second kappa shape index (κ2) is 10.8. The largest absolute Gasteiger partial charge is 0.435 e. The minimum atomic E-state index is -4.99. The van der Waals surface area contributed by atoms with Gasteiger partial charge in [-0.05, 0) is 24.0 Å². The third-order valence-electron chi connectivity index (χ3n) is 6.84. The van der Waals surface area contributed by atoms with Crippen molar-refractivity contribution in [3.63, 3.8) is 0 Å². The number of hydrogen-bond donors (Lipinski definition) is 2. The molecule has 5 rings (SSSR count). The first-order valence-electron chi connectivity index (χ1n) is 12.2. The maximum atomic E-state index is 13.2. The van der Waals surface area contributed by atoms with Crippen molar-refractivity contribution in [2.24, 2.45) is 0 Å². The number of non-ortho nitro benzene ring substituents is 1. The van der Waals surface area contributed by atoms with Gasteiger partial charge in [-0.1, -0.05) is 6.07 Å². The molecule has 0 saturated carbocycles. The van der Waals surface area contributed by atoms with Gasteiger partial charge in [0.05, 0.1) is 15.6 Å². The van der Waals surface area contributed by atoms with Crippen molar-refractivity contribution < 1.29 is 31.3 Å². The van der Waals surface area contributed by atoms with Crippen LogP contribution in [0.3, 0.4) is 0 Å². The van der Waals surface area contributed by atoms with E-state index in [2.05, 4.69) is 15.7 Å². The molecule has 16 heteroatoms. The molecule has 0 spiro atoms. The van der Waals surface area contributed by atoms with Crippen molar-refractivity contribution in [1.29, 1.82) is 0 Å². The molecule has 1 fully saturated rings. The summed E-state index contributed by atoms with van der Waals surface area (Å²) in [4.78, 5) is 17.2. The Bertz CT molecular complexity index is 1410. The Labute approximate surface area is 227 Å². The first-order chi connectivity index (χ1) is 18.9. The summed E-state index contributed by atoms with van der Waals surface area (Å²) in [5.41, 5.74) is -0.472. The standard InChI is InChI=1S/C24H23F6N7O2S/c25-23(26,27)19-10-20(24(28,29)30)36(34-19)8-7-35-5-3-14(4-6-35)22-33-18(13-40-22)21-31-11-15-1-2-17(37(38)39)9-16(15)12-32-21/h1-2,7-10,13-14,21,31-32H,3-6,11-12H2. The average molecular weight is 588 g/mol. The van der Waals surface area contributed by atoms with Gasteiger partial charge in [0.2, 0.25) is 0 Å². The van der Waals surface area contributed by atoms with E-state index in [1.807, 2.05) is 5.38 Å². The van der Waals surface area contributed by atoms with Gasteiger partial charge >= 0.3 is 12.4 Å². The average Bonchev–Trinajstić information content (AvgIpc) is 3.51. The van der Waals surface area contributed by atoms with Gasteiger partial charge in [-0.2, -0.15) is 31.4 Å². The summed E-state index contributed by atoms with van der Waals surface area (Å²) in [5, 5.41) is 23.7. The lowest BCUT2D eigenvalue weighted by molar-refractivity contribution is -0.384. The summed E-state index contributed by atoms with van der Waals surface area (Å²) >= 11 is 1.51. The normalized spacial score (nSPS) is 19.1. The predicted octanol–water partition coefficient (Wildman–Crippen LogP) is 5.48. The van der Waals surface area contributed by atoms with E-state index in [0.29, 0.717) is 39.0 Å². The molecule has 40 heavy (non-hydrogen) atoms. The molecule has 1 atom stereocenters. The Hall–Kier alpha value is -3.50. The van der Waals surface area contributed by atoms with Crippen LogP contribution in [0.4, 0.5) is 32.0 Å². The van der Waals surface area contributed by atoms with E-state index in [1.165, 1.54) is 23.6 Å². The van der Waals surface area contributed by atoms with Gasteiger partial charge in [0.25, 0.3) is 5.69 Å². The zero-order chi connectivity index (χ0) is 28.7. The van der Waals surface area contributed by atoms with Crippen molar-refractivity contribution in [3.05, 3.63) is 79.2 Å². The van der Waals surface area contributed by atoms with E-state index in [0.717, 1.165) is 28.0 Å². The number of hydrogen-bond acceptors (Lipinski definition) is 8. The first-order valence-corrected chi connectivity index (χ1v) is 13.1. The predicted molar refractivity (Wildman–Crippen MR) is 133 cm³/mol. The van der Waals surface area contributed by atoms with Crippen LogP contribution >= 0.6 is 11.3 Å². The van der Waals surface area contributed by atoms with E-state index in [-0.39, 0.29) is 28.5 Å². The molecule has 1 unspecified atom stereocenters. The highest BCUT2D eigenvalue weighted by atomic mass is 32.1. The number of rotatable bonds is 5. The Morgan fingerprint density at radius 1 is 1.00 bits per heavy atom. The van der Waals surface area contributed by atoms with Crippen molar-refractivity contribution >= 4 is 23.2 Å². The highest BCUT2D eigenvalue weighted by Gasteiger charge is 2.41. The summed E-state index contributed by atoms with van der Waals surface area (Å²) in [6.07, 6.45) is -6.68. The molecule has 0 radical (unpaired) electrons. The van der Waals surface area contributed by atoms with Gasteiger partial charge < -0.3 is 4.90 Å². The molecular formula is C24H23F6N7O2S. The van der Waals surface area contributed by atoms with Crippen LogP contribution in [0.15, 0.2) is 35.8 Å². The van der Waals surface area contributed by atoms with E-state index in [9.17, 15) is 36.5 Å². The number of nitro groups is 1. The second-order valence-corrected chi connectivity index (χ2v) is 10.4. The molecule has 2 aliphatic heterocycles. The summed E-state index contributed by atoms with van der Waals surface area (Å²) in [6.45, 7) is 1.92. The molecule has 2 aromatic heterocycles. The number of likely N-dealkylation sites (tertiary alicyclic amines) is 1. The van der Waals surface area contributed by atoms with Crippen LogP contribution in [-0.2, 0) is 25.4 Å². The first kappa shape index (κ1) is 28.0. The number of nitrogens with zero attached hydrogens (tertiary/aromatic N) is 5. The fourth-order valence-corrected chi connectivity index (χ4v) is 5.72. The maximum Gasteiger partial charge on any atom is 0.435 e. The van der Waals surface area contributed by atoms with Crippen LogP contribution in [-0.4, -0.2) is 37.7 Å². The molecule has 2 aliphatic rings. The zero-order valence-electron chi connectivity index (χ0n) is 20.7. The number of thiazole rings is 1. The smallest absolute Gasteiger partial charge is 0.376 e. The molecule has 0 aliphatic carbocycles. The highest BCUT2D eigenvalue weighted by molar-refractivity contribution is 7.09. The lowest BCUT2D eigenvalue weighted by Crippen LogP contribution is -2.31. The van der Waals surface area contributed by atoms with Crippen molar-refractivity contribution in [2.75, 3.05) is 13.1 Å². The van der Waals surface area contributed by atoms with Gasteiger partial charge in [-0.15, -0.1) is 11.3 Å². The summed E-state index contributed by atoms with van der Waals surface area (Å²) in [6, 6.07) is 4.78. The third kappa shape index (κ3) is 6.13. The monoisotopic (exact) mass is 587 g/mol. The van der Waals surface area contributed by atoms with Gasteiger partial charge in [0.15, 0.2) is 5.69 Å². The minimum absolute atomic E-state index is 0.00283. The molecule has 1 aromatic carbocycles. The molecule has 4 heterocycles. The molecule has 3 aromatic rings. The lowest BCUT2D eigenvalue weighted by atomic mass is 9.98. The van der Waals surface area contributed by atoms with Gasteiger partial charge in [0, 0.05) is 68.1 Å². The highest BCUT2D eigenvalue weighted by Crippen LogP contribution is 2.36. The van der Waals surface area contributed by atoms with Crippen molar-refractivity contribution in [2.45, 2.75) is 50.4 Å². The Morgan fingerprint density at radius 3 is 2.35 bits per heavy atom. The van der Waals surface area contributed by atoms with Crippen molar-refractivity contribution in [1.82, 2.24) is 30.3 Å². The molecule has 0 amide bonds. The summed E-state index contributed by atoms with van der Waals surface area (Å²) in [7, 11) is 0. The molecule has 214 valence electrons. The minimum Gasteiger partial charge on any atom is -0.376 e. The second-order valence-electron chi connectivity index (χ2n) is 9.48. The molecule has 1 saturated heterocycles. The number of alkyl halides is 6. The fourth-order valence-electron chi connectivity index (χ4n) is 4.70. The topological polar surface area (TPSA) is 101 Å². The zero-order valence-corrected chi connectivity index (χ0v) is 21.5. The van der Waals surface area contributed by atoms with Gasteiger partial charge in [-0.3, -0.25) is 20.7 Å². The Kier molecular flexibility index (Phi) is 7.58. The summed E-state index contributed by atoms with van der Waals surface area (Å²) < 4.78 is 78.5. The van der Waals surface area contributed by atoms with Crippen LogP contribution in [0.1, 0.15) is 58.1 Å². The number of aromatic nitrogens is 3. The fraction of sp³-hybridized carbons (Fsp3) is 0.417. The third-order valence-corrected chi connectivity index (χ3v) is 7.87. The maximum absolute atomic E-state index is 13.2. The number of fused-ring (bicyclic) bond motifs is 1. The van der Waals surface area contributed by atoms with E-state index in [4.69, 9.17) is 4.98 Å². The van der Waals surface area contributed by atoms with E-state index in [1.54, 1.807) is 17.0 Å². The molecular weight excluding hydrogens is 564 g/mol. The van der Waals surface area contributed by atoms with Crippen LogP contribution in [0.5, 0.6) is 0 Å². The van der Waals surface area contributed by atoms with Crippen LogP contribution < -0.4 is 10.6 Å². The Balaban J connectivity index is 1.19. The number of piperidine rings is 1. The van der Waals surface area contributed by atoms with Crippen LogP contribution in [0.25, 0.3) is 6.20 Å². The molecule has 0 bridgehead atoms. The molecule has 2 N–H and O–H groups in total. The number of benzene rings is 1. The van der Waals surface area contributed by atoms with Crippen LogP contribution in [0.2, 0.25) is 0 Å². The van der Waals surface area contributed by atoms with Gasteiger partial charge in [-0.25, -0.2) is 9.67 Å². The SMILES string of the molecule is O=[N+]([O-])c1ccc2c(c1)CNC(c1csc(C3CCN(C=Cn4nc(C(F)(F)F)cc4C(F)(F)F)CC3)n1)NC2. The van der Waals surface area contributed by atoms with Gasteiger partial charge in [0.1, 0.15) is 11.9 Å². The van der Waals surface area contributed by atoms with E-state index < -0.39 is 28.7 Å².